The van der Waals surface area contributed by atoms with Crippen molar-refractivity contribution < 1.29 is 9.90 Å². The topological polar surface area (TPSA) is 37.3 Å². The molecule has 0 rings (SSSR count). The Bertz CT molecular complexity index is 292. The molecule has 0 amide bonds. The van der Waals surface area contributed by atoms with E-state index in [0.29, 0.717) is 0 Å². The molecule has 2 nitrogen and oxygen atoms in total. The van der Waals surface area contributed by atoms with Gasteiger partial charge in [0.25, 0.3) is 0 Å². The third-order valence-electron chi connectivity index (χ3n) is 3.81. The summed E-state index contributed by atoms with van der Waals surface area (Å²) in [5.41, 5.74) is 0. The Hall–Kier alpha value is -1.05. The molecule has 0 fully saturated rings. The molecule has 2 heteroatoms. The summed E-state index contributed by atoms with van der Waals surface area (Å²) >= 11 is 0. The first kappa shape index (κ1) is 20.9. The van der Waals surface area contributed by atoms with E-state index in [0.717, 1.165) is 19.3 Å². The number of allylic oxidation sites excluding steroid dienone is 4. The predicted molar refractivity (Wildman–Crippen MR) is 96.2 cm³/mol. The molecule has 0 spiro atoms. The Morgan fingerprint density at radius 2 is 1.09 bits per heavy atom. The fourth-order valence-corrected chi connectivity index (χ4v) is 2.41. The van der Waals surface area contributed by atoms with E-state index < -0.39 is 5.97 Å². The molecule has 0 saturated heterocycles. The quantitative estimate of drug-likeness (QED) is 0.255. The highest BCUT2D eigenvalue weighted by Crippen LogP contribution is 2.09. The van der Waals surface area contributed by atoms with Gasteiger partial charge in [-0.15, -0.1) is 0 Å². The van der Waals surface area contributed by atoms with Crippen LogP contribution >= 0.6 is 0 Å². The minimum absolute atomic E-state index is 0.289. The molecule has 0 saturated carbocycles. The van der Waals surface area contributed by atoms with Gasteiger partial charge in [-0.05, 0) is 51.4 Å². The molecule has 0 bridgehead atoms. The fourth-order valence-electron chi connectivity index (χ4n) is 2.41. The smallest absolute Gasteiger partial charge is 0.303 e. The second kappa shape index (κ2) is 18.0. The molecule has 0 radical (unpaired) electrons. The van der Waals surface area contributed by atoms with Crippen LogP contribution in [-0.2, 0) is 4.79 Å². The first-order valence-corrected chi connectivity index (χ1v) is 9.29. The molecule has 0 heterocycles. The monoisotopic (exact) mass is 308 g/mol. The molecule has 0 aromatic rings. The number of carboxylic acid groups (broad SMARTS) is 1. The number of unbranched alkanes of at least 4 members (excludes halogenated alkanes) is 10. The van der Waals surface area contributed by atoms with Gasteiger partial charge >= 0.3 is 5.97 Å². The second-order valence-electron chi connectivity index (χ2n) is 6.07. The molecule has 22 heavy (non-hydrogen) atoms. The number of hydrogen-bond acceptors (Lipinski definition) is 1. The van der Waals surface area contributed by atoms with Gasteiger partial charge in [-0.1, -0.05) is 63.3 Å². The number of rotatable bonds is 16. The number of carbonyl (C=O) groups is 1. The van der Waals surface area contributed by atoms with Crippen molar-refractivity contribution in [3.63, 3.8) is 0 Å². The Morgan fingerprint density at radius 1 is 0.682 bits per heavy atom. The van der Waals surface area contributed by atoms with Crippen LogP contribution < -0.4 is 0 Å². The Kier molecular flexibility index (Phi) is 17.1. The van der Waals surface area contributed by atoms with Gasteiger partial charge in [0.05, 0.1) is 0 Å². The summed E-state index contributed by atoms with van der Waals surface area (Å²) in [5.74, 6) is -0.691. The zero-order valence-electron chi connectivity index (χ0n) is 14.6. The van der Waals surface area contributed by atoms with Crippen LogP contribution in [0.25, 0.3) is 0 Å². The van der Waals surface area contributed by atoms with Gasteiger partial charge in [-0.25, -0.2) is 0 Å². The van der Waals surface area contributed by atoms with Crippen LogP contribution in [0.4, 0.5) is 0 Å². The highest BCUT2D eigenvalue weighted by Gasteiger charge is 1.93. The van der Waals surface area contributed by atoms with Crippen molar-refractivity contribution in [1.82, 2.24) is 0 Å². The molecule has 0 aromatic heterocycles. The van der Waals surface area contributed by atoms with Crippen molar-refractivity contribution in [3.8, 4) is 0 Å². The normalized spacial score (nSPS) is 11.7. The lowest BCUT2D eigenvalue weighted by Gasteiger charge is -1.98. The molecule has 0 aliphatic rings. The van der Waals surface area contributed by atoms with Gasteiger partial charge in [0.2, 0.25) is 0 Å². The maximum atomic E-state index is 10.3. The highest BCUT2D eigenvalue weighted by atomic mass is 16.4. The second-order valence-corrected chi connectivity index (χ2v) is 6.07. The first-order valence-electron chi connectivity index (χ1n) is 9.29. The minimum Gasteiger partial charge on any atom is -0.481 e. The van der Waals surface area contributed by atoms with Crippen molar-refractivity contribution >= 4 is 5.97 Å². The van der Waals surface area contributed by atoms with Crippen molar-refractivity contribution in [1.29, 1.82) is 0 Å². The summed E-state index contributed by atoms with van der Waals surface area (Å²) < 4.78 is 0. The Balaban J connectivity index is 3.13. The standard InChI is InChI=1S/C20H36O2/c1-2-3-4-5-6-7-8-9-10-11-12-13-14-15-16-17-18-19-20(21)22/h6-7,15-16H,2-5,8-14,17-19H2,1H3,(H,21,22). The van der Waals surface area contributed by atoms with Crippen LogP contribution in [0.5, 0.6) is 0 Å². The van der Waals surface area contributed by atoms with E-state index in [2.05, 4.69) is 31.2 Å². The molecular formula is C20H36O2. The molecule has 128 valence electrons. The average molecular weight is 309 g/mol. The number of carboxylic acids is 1. The maximum Gasteiger partial charge on any atom is 0.303 e. The SMILES string of the molecule is CCCCCC=CCCCCCCCC=CCCCC(=O)O. The lowest BCUT2D eigenvalue weighted by Crippen LogP contribution is -1.92. The zero-order valence-corrected chi connectivity index (χ0v) is 14.6. The molecule has 0 aromatic carbocycles. The zero-order chi connectivity index (χ0) is 16.3. The Labute approximate surface area is 137 Å². The van der Waals surface area contributed by atoms with Crippen LogP contribution in [-0.4, -0.2) is 11.1 Å². The average Bonchev–Trinajstić information content (AvgIpc) is 2.50. The first-order chi connectivity index (χ1) is 10.8. The van der Waals surface area contributed by atoms with Gasteiger partial charge < -0.3 is 5.11 Å². The highest BCUT2D eigenvalue weighted by molar-refractivity contribution is 5.66. The van der Waals surface area contributed by atoms with Crippen LogP contribution in [0.3, 0.4) is 0 Å². The lowest BCUT2D eigenvalue weighted by atomic mass is 10.1. The summed E-state index contributed by atoms with van der Waals surface area (Å²) in [5, 5.41) is 8.51. The molecule has 1 N–H and O–H groups in total. The Morgan fingerprint density at radius 3 is 1.55 bits per heavy atom. The van der Waals surface area contributed by atoms with Crippen LogP contribution in [0.15, 0.2) is 24.3 Å². The third kappa shape index (κ3) is 18.9. The number of hydrogen-bond donors (Lipinski definition) is 1. The minimum atomic E-state index is -0.691. The molecular weight excluding hydrogens is 272 g/mol. The number of aliphatic carboxylic acids is 1. The van der Waals surface area contributed by atoms with Gasteiger partial charge in [0.15, 0.2) is 0 Å². The van der Waals surface area contributed by atoms with Crippen molar-refractivity contribution in [2.45, 2.75) is 96.8 Å². The summed E-state index contributed by atoms with van der Waals surface area (Å²) in [6.07, 6.45) is 25.3. The van der Waals surface area contributed by atoms with Gasteiger partial charge in [-0.3, -0.25) is 4.79 Å². The van der Waals surface area contributed by atoms with Gasteiger partial charge in [0.1, 0.15) is 0 Å². The summed E-state index contributed by atoms with van der Waals surface area (Å²) in [4.78, 5) is 10.3. The van der Waals surface area contributed by atoms with E-state index >= 15 is 0 Å². The van der Waals surface area contributed by atoms with Crippen LogP contribution in [0, 0.1) is 0 Å². The molecule has 0 aliphatic heterocycles. The molecule has 0 atom stereocenters. The molecule has 0 unspecified atom stereocenters. The van der Waals surface area contributed by atoms with E-state index in [1.165, 1.54) is 64.2 Å². The summed E-state index contributed by atoms with van der Waals surface area (Å²) in [7, 11) is 0. The predicted octanol–water partition coefficient (Wildman–Crippen LogP) is 6.66. The van der Waals surface area contributed by atoms with Gasteiger partial charge in [-0.2, -0.15) is 0 Å². The van der Waals surface area contributed by atoms with Crippen molar-refractivity contribution in [2.75, 3.05) is 0 Å². The van der Waals surface area contributed by atoms with E-state index in [9.17, 15) is 4.79 Å². The van der Waals surface area contributed by atoms with Crippen molar-refractivity contribution in [3.05, 3.63) is 24.3 Å². The van der Waals surface area contributed by atoms with Crippen LogP contribution in [0.2, 0.25) is 0 Å². The largest absolute Gasteiger partial charge is 0.481 e. The van der Waals surface area contributed by atoms with E-state index in [1.807, 2.05) is 0 Å². The van der Waals surface area contributed by atoms with Crippen LogP contribution in [0.1, 0.15) is 96.8 Å². The van der Waals surface area contributed by atoms with Gasteiger partial charge in [0, 0.05) is 6.42 Å². The van der Waals surface area contributed by atoms with E-state index in [1.54, 1.807) is 0 Å². The van der Waals surface area contributed by atoms with E-state index in [-0.39, 0.29) is 6.42 Å². The van der Waals surface area contributed by atoms with E-state index in [4.69, 9.17) is 5.11 Å². The maximum absolute atomic E-state index is 10.3. The summed E-state index contributed by atoms with van der Waals surface area (Å²) in [6.45, 7) is 2.25. The summed E-state index contributed by atoms with van der Waals surface area (Å²) in [6, 6.07) is 0. The van der Waals surface area contributed by atoms with Crippen molar-refractivity contribution in [2.24, 2.45) is 0 Å². The molecule has 0 aliphatic carbocycles. The fraction of sp³-hybridized carbons (Fsp3) is 0.750. The third-order valence-corrected chi connectivity index (χ3v) is 3.81. The lowest BCUT2D eigenvalue weighted by molar-refractivity contribution is -0.137.